The number of aliphatic carboxylic acids is 1. The number of carboxylic acids is 1. The van der Waals surface area contributed by atoms with Gasteiger partial charge in [-0.05, 0) is 19.1 Å². The Morgan fingerprint density at radius 3 is 2.72 bits per heavy atom. The van der Waals surface area contributed by atoms with Crippen LogP contribution in [0.4, 0.5) is 0 Å². The van der Waals surface area contributed by atoms with E-state index in [4.69, 9.17) is 9.84 Å². The zero-order chi connectivity index (χ0) is 13.4. The van der Waals surface area contributed by atoms with E-state index in [0.717, 1.165) is 0 Å². The summed E-state index contributed by atoms with van der Waals surface area (Å²) in [4.78, 5) is 21.5. The molecule has 5 heteroatoms. The fourth-order valence-electron chi connectivity index (χ4n) is 1.12. The maximum absolute atomic E-state index is 11.1. The van der Waals surface area contributed by atoms with Crippen molar-refractivity contribution in [2.24, 2.45) is 0 Å². The third-order valence-corrected chi connectivity index (χ3v) is 1.81. The van der Waals surface area contributed by atoms with Gasteiger partial charge in [-0.1, -0.05) is 18.1 Å². The van der Waals surface area contributed by atoms with E-state index < -0.39 is 18.5 Å². The second-order valence-corrected chi connectivity index (χ2v) is 3.15. The maximum atomic E-state index is 11.1. The zero-order valence-electron chi connectivity index (χ0n) is 9.80. The minimum Gasteiger partial charge on any atom is -0.481 e. The van der Waals surface area contributed by atoms with Crippen LogP contribution in [0.3, 0.4) is 0 Å². The van der Waals surface area contributed by atoms with Crippen LogP contribution in [0.2, 0.25) is 0 Å². The van der Waals surface area contributed by atoms with Crippen LogP contribution in [-0.4, -0.2) is 30.3 Å². The van der Waals surface area contributed by atoms with E-state index in [-0.39, 0.29) is 6.61 Å². The molecule has 0 heterocycles. The van der Waals surface area contributed by atoms with Crippen LogP contribution < -0.4 is 4.74 Å². The van der Waals surface area contributed by atoms with Crippen molar-refractivity contribution in [1.29, 1.82) is 0 Å². The third-order valence-electron chi connectivity index (χ3n) is 1.81. The smallest absolute Gasteiger partial charge is 0.384 e. The summed E-state index contributed by atoms with van der Waals surface area (Å²) in [7, 11) is 0. The molecule has 0 saturated heterocycles. The highest BCUT2D eigenvalue weighted by Gasteiger charge is 2.03. The van der Waals surface area contributed by atoms with Gasteiger partial charge in [0, 0.05) is 5.92 Å². The molecule has 0 fully saturated rings. The molecule has 0 radical (unpaired) electrons. The van der Waals surface area contributed by atoms with Gasteiger partial charge >= 0.3 is 11.9 Å². The number of hydrogen-bond acceptors (Lipinski definition) is 4. The van der Waals surface area contributed by atoms with Crippen LogP contribution in [0.25, 0.3) is 0 Å². The largest absolute Gasteiger partial charge is 0.481 e. The molecule has 0 aliphatic rings. The first-order chi connectivity index (χ1) is 8.63. The van der Waals surface area contributed by atoms with Gasteiger partial charge in [-0.15, -0.1) is 0 Å². The van der Waals surface area contributed by atoms with E-state index in [0.29, 0.717) is 11.3 Å². The Morgan fingerprint density at radius 2 is 2.06 bits per heavy atom. The highest BCUT2D eigenvalue weighted by atomic mass is 16.5. The minimum atomic E-state index is -1.08. The summed E-state index contributed by atoms with van der Waals surface area (Å²) in [6, 6.07) is 6.61. The van der Waals surface area contributed by atoms with E-state index in [1.807, 2.05) is 0 Å². The summed E-state index contributed by atoms with van der Waals surface area (Å²) in [5.41, 5.74) is 0.437. The highest BCUT2D eigenvalue weighted by molar-refractivity contribution is 5.89. The van der Waals surface area contributed by atoms with Gasteiger partial charge in [0.1, 0.15) is 5.75 Å². The fourth-order valence-corrected chi connectivity index (χ4v) is 1.12. The monoisotopic (exact) mass is 248 g/mol. The molecule has 1 N–H and O–H groups in total. The number of ether oxygens (including phenoxy) is 2. The van der Waals surface area contributed by atoms with Crippen LogP contribution in [0.1, 0.15) is 12.5 Å². The molecule has 0 spiro atoms. The first-order valence-corrected chi connectivity index (χ1v) is 5.26. The Labute approximate surface area is 104 Å². The molecule has 0 aliphatic heterocycles. The van der Waals surface area contributed by atoms with Gasteiger partial charge in [0.2, 0.25) is 0 Å². The number of carbonyl (C=O) groups excluding carboxylic acids is 1. The highest BCUT2D eigenvalue weighted by Crippen LogP contribution is 2.16. The topological polar surface area (TPSA) is 72.8 Å². The Bertz CT molecular complexity index is 496. The standard InChI is InChI=1S/C13H12O5/c1-2-17-13(16)8-7-10-5-3-4-6-11(10)18-9-12(14)15/h3-6H,2,9H2,1H3,(H,14,15). The summed E-state index contributed by atoms with van der Waals surface area (Å²) >= 11 is 0. The van der Waals surface area contributed by atoms with E-state index in [1.54, 1.807) is 31.2 Å². The molecule has 0 aliphatic carbocycles. The molecule has 1 rings (SSSR count). The van der Waals surface area contributed by atoms with Crippen molar-refractivity contribution < 1.29 is 24.2 Å². The van der Waals surface area contributed by atoms with Crippen LogP contribution >= 0.6 is 0 Å². The van der Waals surface area contributed by atoms with Crippen LogP contribution in [-0.2, 0) is 14.3 Å². The van der Waals surface area contributed by atoms with Gasteiger partial charge in [0.05, 0.1) is 12.2 Å². The fraction of sp³-hybridized carbons (Fsp3) is 0.231. The molecule has 1 aromatic rings. The Morgan fingerprint density at radius 1 is 1.33 bits per heavy atom. The van der Waals surface area contributed by atoms with Gasteiger partial charge < -0.3 is 14.6 Å². The van der Waals surface area contributed by atoms with Gasteiger partial charge in [-0.2, -0.15) is 0 Å². The molecule has 0 bridgehead atoms. The molecule has 5 nitrogen and oxygen atoms in total. The molecular formula is C13H12O5. The molecule has 0 saturated carbocycles. The van der Waals surface area contributed by atoms with E-state index >= 15 is 0 Å². The number of carbonyl (C=O) groups is 2. The van der Waals surface area contributed by atoms with Crippen molar-refractivity contribution in [3.05, 3.63) is 29.8 Å². The normalized spacial score (nSPS) is 8.94. The lowest BCUT2D eigenvalue weighted by molar-refractivity contribution is -0.139. The number of carboxylic acid groups (broad SMARTS) is 1. The van der Waals surface area contributed by atoms with Crippen molar-refractivity contribution in [3.8, 4) is 17.6 Å². The summed E-state index contributed by atoms with van der Waals surface area (Å²) < 4.78 is 9.69. The lowest BCUT2D eigenvalue weighted by Crippen LogP contribution is -2.10. The van der Waals surface area contributed by atoms with Crippen molar-refractivity contribution in [1.82, 2.24) is 0 Å². The van der Waals surface area contributed by atoms with Crippen LogP contribution in [0, 0.1) is 11.8 Å². The second kappa shape index (κ2) is 6.97. The Hall–Kier alpha value is -2.48. The molecular weight excluding hydrogens is 236 g/mol. The number of hydrogen-bond donors (Lipinski definition) is 1. The van der Waals surface area contributed by atoms with Crippen LogP contribution in [0.15, 0.2) is 24.3 Å². The summed E-state index contributed by atoms with van der Waals surface area (Å²) in [6.45, 7) is 1.48. The molecule has 0 amide bonds. The summed E-state index contributed by atoms with van der Waals surface area (Å²) in [6.07, 6.45) is 0. The summed E-state index contributed by atoms with van der Waals surface area (Å²) in [5.74, 6) is 3.47. The number of esters is 1. The molecule has 94 valence electrons. The van der Waals surface area contributed by atoms with Crippen molar-refractivity contribution in [3.63, 3.8) is 0 Å². The Balaban J connectivity index is 2.81. The predicted octanol–water partition coefficient (Wildman–Crippen LogP) is 1.06. The van der Waals surface area contributed by atoms with Crippen molar-refractivity contribution >= 4 is 11.9 Å². The predicted molar refractivity (Wildman–Crippen MR) is 63.1 cm³/mol. The SMILES string of the molecule is CCOC(=O)C#Cc1ccccc1OCC(=O)O. The quantitative estimate of drug-likeness (QED) is 0.637. The van der Waals surface area contributed by atoms with Crippen LogP contribution in [0.5, 0.6) is 5.75 Å². The molecule has 1 aromatic carbocycles. The first-order valence-electron chi connectivity index (χ1n) is 5.26. The third kappa shape index (κ3) is 4.58. The van der Waals surface area contributed by atoms with E-state index in [2.05, 4.69) is 16.6 Å². The van der Waals surface area contributed by atoms with Gasteiger partial charge in [0.25, 0.3) is 0 Å². The average molecular weight is 248 g/mol. The Kier molecular flexibility index (Phi) is 5.26. The van der Waals surface area contributed by atoms with Gasteiger partial charge in [0.15, 0.2) is 6.61 Å². The minimum absolute atomic E-state index is 0.255. The maximum Gasteiger partial charge on any atom is 0.384 e. The van der Waals surface area contributed by atoms with Gasteiger partial charge in [-0.25, -0.2) is 9.59 Å². The summed E-state index contributed by atoms with van der Waals surface area (Å²) in [5, 5.41) is 8.52. The zero-order valence-corrected chi connectivity index (χ0v) is 9.80. The number of para-hydroxylation sites is 1. The van der Waals surface area contributed by atoms with E-state index in [9.17, 15) is 9.59 Å². The molecule has 0 unspecified atom stereocenters. The van der Waals surface area contributed by atoms with E-state index in [1.165, 1.54) is 0 Å². The molecule has 0 atom stereocenters. The number of rotatable bonds is 4. The molecule has 18 heavy (non-hydrogen) atoms. The average Bonchev–Trinajstić information content (AvgIpc) is 2.35. The first kappa shape index (κ1) is 13.6. The van der Waals surface area contributed by atoms with Crippen molar-refractivity contribution in [2.45, 2.75) is 6.92 Å². The lowest BCUT2D eigenvalue weighted by Gasteiger charge is -2.04. The molecule has 0 aromatic heterocycles. The second-order valence-electron chi connectivity index (χ2n) is 3.15. The van der Waals surface area contributed by atoms with Crippen molar-refractivity contribution in [2.75, 3.05) is 13.2 Å². The lowest BCUT2D eigenvalue weighted by atomic mass is 10.2. The number of benzene rings is 1. The van der Waals surface area contributed by atoms with Gasteiger partial charge in [-0.3, -0.25) is 0 Å².